The maximum atomic E-state index is 11.6. The fraction of sp³-hybridized carbons (Fsp3) is 0.588. The van der Waals surface area contributed by atoms with Crippen LogP contribution in [0.3, 0.4) is 0 Å². The van der Waals surface area contributed by atoms with E-state index in [1.807, 2.05) is 38.2 Å². The molecule has 1 aromatic rings. The molecule has 2 rings (SSSR count). The SMILES string of the molecule is CCNC(=NCC1CCS(=O)(=O)C1)N(C)Cc1ccc(OC)cc1.I. The molecule has 0 saturated carbocycles. The number of methoxy groups -OCH3 is 1. The van der Waals surface area contributed by atoms with Gasteiger partial charge in [0.2, 0.25) is 0 Å². The van der Waals surface area contributed by atoms with Gasteiger partial charge in [-0.05, 0) is 37.0 Å². The highest BCUT2D eigenvalue weighted by Gasteiger charge is 2.27. The molecule has 1 heterocycles. The van der Waals surface area contributed by atoms with E-state index >= 15 is 0 Å². The predicted molar refractivity (Wildman–Crippen MR) is 113 cm³/mol. The Kier molecular flexibility index (Phi) is 8.98. The summed E-state index contributed by atoms with van der Waals surface area (Å²) in [5, 5.41) is 3.27. The van der Waals surface area contributed by atoms with Crippen molar-refractivity contribution in [3.63, 3.8) is 0 Å². The Morgan fingerprint density at radius 1 is 1.36 bits per heavy atom. The topological polar surface area (TPSA) is 71.0 Å². The van der Waals surface area contributed by atoms with Crippen molar-refractivity contribution in [1.82, 2.24) is 10.2 Å². The summed E-state index contributed by atoms with van der Waals surface area (Å²) in [5.74, 6) is 2.34. The summed E-state index contributed by atoms with van der Waals surface area (Å²) >= 11 is 0. The van der Waals surface area contributed by atoms with Crippen molar-refractivity contribution in [3.05, 3.63) is 29.8 Å². The predicted octanol–water partition coefficient (Wildman–Crippen LogP) is 2.15. The molecule has 0 aromatic heterocycles. The second kappa shape index (κ2) is 10.2. The highest BCUT2D eigenvalue weighted by atomic mass is 127. The molecule has 0 spiro atoms. The Bertz CT molecular complexity index is 662. The Labute approximate surface area is 168 Å². The molecule has 0 radical (unpaired) electrons. The number of hydrogen-bond acceptors (Lipinski definition) is 4. The van der Waals surface area contributed by atoms with E-state index < -0.39 is 9.84 Å². The van der Waals surface area contributed by atoms with Gasteiger partial charge in [0.1, 0.15) is 5.75 Å². The first-order valence-corrected chi connectivity index (χ1v) is 10.1. The number of nitrogens with zero attached hydrogens (tertiary/aromatic N) is 2. The van der Waals surface area contributed by atoms with Crippen molar-refractivity contribution in [1.29, 1.82) is 0 Å². The molecule has 8 heteroatoms. The lowest BCUT2D eigenvalue weighted by Crippen LogP contribution is -2.38. The van der Waals surface area contributed by atoms with Crippen LogP contribution >= 0.6 is 24.0 Å². The smallest absolute Gasteiger partial charge is 0.193 e. The number of aliphatic imine (C=N–C) groups is 1. The van der Waals surface area contributed by atoms with Crippen LogP contribution in [0.1, 0.15) is 18.9 Å². The third-order valence-corrected chi connectivity index (χ3v) is 5.94. The second-order valence-electron chi connectivity index (χ2n) is 6.17. The minimum atomic E-state index is -2.85. The molecule has 1 saturated heterocycles. The quantitative estimate of drug-likeness (QED) is 0.383. The monoisotopic (exact) mass is 481 g/mol. The number of nitrogens with one attached hydrogen (secondary N) is 1. The van der Waals surface area contributed by atoms with E-state index in [2.05, 4.69) is 15.2 Å². The zero-order valence-corrected chi connectivity index (χ0v) is 18.2. The van der Waals surface area contributed by atoms with Crippen LogP contribution < -0.4 is 10.1 Å². The average Bonchev–Trinajstić information content (AvgIpc) is 2.91. The molecule has 25 heavy (non-hydrogen) atoms. The molecule has 1 atom stereocenters. The lowest BCUT2D eigenvalue weighted by Gasteiger charge is -2.22. The van der Waals surface area contributed by atoms with E-state index in [1.165, 1.54) is 0 Å². The number of benzene rings is 1. The lowest BCUT2D eigenvalue weighted by atomic mass is 10.1. The summed E-state index contributed by atoms with van der Waals surface area (Å²) in [5.41, 5.74) is 1.16. The van der Waals surface area contributed by atoms with Crippen molar-refractivity contribution >= 4 is 39.8 Å². The van der Waals surface area contributed by atoms with Crippen LogP contribution in [0, 0.1) is 5.92 Å². The molecule has 1 fully saturated rings. The van der Waals surface area contributed by atoms with Crippen molar-refractivity contribution in [2.45, 2.75) is 19.9 Å². The van der Waals surface area contributed by atoms with Gasteiger partial charge in [-0.1, -0.05) is 12.1 Å². The summed E-state index contributed by atoms with van der Waals surface area (Å²) in [6.45, 7) is 4.07. The third-order valence-electron chi connectivity index (χ3n) is 4.10. The molecule has 6 nitrogen and oxygen atoms in total. The lowest BCUT2D eigenvalue weighted by molar-refractivity contribution is 0.414. The Hall–Kier alpha value is -1.03. The van der Waals surface area contributed by atoms with E-state index in [0.29, 0.717) is 18.7 Å². The van der Waals surface area contributed by atoms with Gasteiger partial charge in [-0.3, -0.25) is 4.99 Å². The largest absolute Gasteiger partial charge is 0.497 e. The van der Waals surface area contributed by atoms with Gasteiger partial charge in [0, 0.05) is 26.7 Å². The van der Waals surface area contributed by atoms with Crippen molar-refractivity contribution in [2.24, 2.45) is 10.9 Å². The minimum Gasteiger partial charge on any atom is -0.497 e. The Morgan fingerprint density at radius 2 is 2.04 bits per heavy atom. The normalized spacial score (nSPS) is 19.2. The van der Waals surface area contributed by atoms with Crippen LogP contribution in [0.5, 0.6) is 5.75 Å². The highest BCUT2D eigenvalue weighted by molar-refractivity contribution is 14.0. The van der Waals surface area contributed by atoms with Gasteiger partial charge < -0.3 is 15.0 Å². The van der Waals surface area contributed by atoms with Crippen LogP contribution in [0.2, 0.25) is 0 Å². The number of rotatable bonds is 6. The summed E-state index contributed by atoms with van der Waals surface area (Å²) in [6.07, 6.45) is 0.716. The molecule has 1 aromatic carbocycles. The summed E-state index contributed by atoms with van der Waals surface area (Å²) in [4.78, 5) is 6.68. The molecule has 0 amide bonds. The first-order chi connectivity index (χ1) is 11.4. The van der Waals surface area contributed by atoms with E-state index in [4.69, 9.17) is 4.74 Å². The number of sulfone groups is 1. The fourth-order valence-electron chi connectivity index (χ4n) is 2.78. The standard InChI is InChI=1S/C17H27N3O3S.HI/c1-4-18-17(19-11-15-9-10-24(21,22)13-15)20(2)12-14-5-7-16(23-3)8-6-14;/h5-8,15H,4,9-13H2,1-3H3,(H,18,19);1H. The number of guanidine groups is 1. The van der Waals surface area contributed by atoms with Gasteiger partial charge in [0.25, 0.3) is 0 Å². The zero-order chi connectivity index (χ0) is 17.6. The Balaban J connectivity index is 0.00000312. The number of ether oxygens (including phenoxy) is 1. The summed E-state index contributed by atoms with van der Waals surface area (Å²) < 4.78 is 28.3. The van der Waals surface area contributed by atoms with E-state index in [1.54, 1.807) is 7.11 Å². The van der Waals surface area contributed by atoms with Crippen LogP contribution in [0.25, 0.3) is 0 Å². The molecule has 1 aliphatic heterocycles. The number of halogens is 1. The van der Waals surface area contributed by atoms with Gasteiger partial charge >= 0.3 is 0 Å². The average molecular weight is 481 g/mol. The first kappa shape index (κ1) is 22.0. The molecular formula is C17H28IN3O3S. The van der Waals surface area contributed by atoms with E-state index in [0.717, 1.165) is 30.4 Å². The third kappa shape index (κ3) is 7.01. The van der Waals surface area contributed by atoms with Crippen molar-refractivity contribution < 1.29 is 13.2 Å². The van der Waals surface area contributed by atoms with Gasteiger partial charge in [0.15, 0.2) is 15.8 Å². The molecule has 0 bridgehead atoms. The summed E-state index contributed by atoms with van der Waals surface area (Å²) in [6, 6.07) is 7.94. The van der Waals surface area contributed by atoms with Crippen LogP contribution in [-0.4, -0.2) is 58.0 Å². The molecular weight excluding hydrogens is 453 g/mol. The van der Waals surface area contributed by atoms with Gasteiger partial charge in [-0.15, -0.1) is 24.0 Å². The minimum absolute atomic E-state index is 0. The zero-order valence-electron chi connectivity index (χ0n) is 15.1. The van der Waals surface area contributed by atoms with Crippen LogP contribution in [0.4, 0.5) is 0 Å². The van der Waals surface area contributed by atoms with Gasteiger partial charge in [-0.25, -0.2) is 8.42 Å². The van der Waals surface area contributed by atoms with Crippen molar-refractivity contribution in [2.75, 3.05) is 38.8 Å². The van der Waals surface area contributed by atoms with Gasteiger partial charge in [0.05, 0.1) is 18.6 Å². The number of hydrogen-bond donors (Lipinski definition) is 1. The Morgan fingerprint density at radius 3 is 2.56 bits per heavy atom. The van der Waals surface area contributed by atoms with Crippen LogP contribution in [0.15, 0.2) is 29.3 Å². The molecule has 1 N–H and O–H groups in total. The summed E-state index contributed by atoms with van der Waals surface area (Å²) in [7, 11) is 0.790. The van der Waals surface area contributed by atoms with E-state index in [-0.39, 0.29) is 35.6 Å². The molecule has 1 aliphatic rings. The van der Waals surface area contributed by atoms with E-state index in [9.17, 15) is 8.42 Å². The second-order valence-corrected chi connectivity index (χ2v) is 8.40. The fourth-order valence-corrected chi connectivity index (χ4v) is 4.63. The molecule has 1 unspecified atom stereocenters. The molecule has 142 valence electrons. The highest BCUT2D eigenvalue weighted by Crippen LogP contribution is 2.18. The van der Waals surface area contributed by atoms with Gasteiger partial charge in [-0.2, -0.15) is 0 Å². The van der Waals surface area contributed by atoms with Crippen LogP contribution in [-0.2, 0) is 16.4 Å². The first-order valence-electron chi connectivity index (χ1n) is 8.26. The molecule has 0 aliphatic carbocycles. The maximum Gasteiger partial charge on any atom is 0.193 e. The maximum absolute atomic E-state index is 11.6. The van der Waals surface area contributed by atoms with Crippen molar-refractivity contribution in [3.8, 4) is 5.75 Å².